The molecule has 0 bridgehead atoms. The molecule has 2 nitrogen and oxygen atoms in total. The van der Waals surface area contributed by atoms with Gasteiger partial charge in [-0.3, -0.25) is 9.80 Å². The van der Waals surface area contributed by atoms with E-state index in [1.165, 1.54) is 84.0 Å². The highest BCUT2D eigenvalue weighted by Crippen LogP contribution is 2.24. The Bertz CT molecular complexity index is 259. The molecule has 118 valence electrons. The average Bonchev–Trinajstić information content (AvgIpc) is 2.88. The molecule has 0 saturated carbocycles. The monoisotopic (exact) mass is 298 g/mol. The van der Waals surface area contributed by atoms with Gasteiger partial charge in [0, 0.05) is 25.2 Å². The molecule has 2 unspecified atom stereocenters. The minimum absolute atomic E-state index is 0.778. The fourth-order valence-corrected chi connectivity index (χ4v) is 4.09. The summed E-state index contributed by atoms with van der Waals surface area (Å²) in [5, 5.41) is 0. The second kappa shape index (κ2) is 9.32. The summed E-state index contributed by atoms with van der Waals surface area (Å²) in [6.45, 7) is 7.76. The number of unbranched alkanes of at least 4 members (excludes halogenated alkanes) is 6. The van der Waals surface area contributed by atoms with E-state index >= 15 is 0 Å². The summed E-state index contributed by atoms with van der Waals surface area (Å²) < 4.78 is 0. The largest absolute Gasteiger partial charge is 0.298 e. The molecule has 0 aromatic carbocycles. The van der Waals surface area contributed by atoms with Crippen LogP contribution in [0.1, 0.15) is 64.7 Å². The van der Waals surface area contributed by atoms with Crippen molar-refractivity contribution in [2.75, 3.05) is 31.9 Å². The van der Waals surface area contributed by atoms with Gasteiger partial charge in [-0.15, -0.1) is 0 Å². The molecule has 2 atom stereocenters. The van der Waals surface area contributed by atoms with Crippen LogP contribution in [0.15, 0.2) is 0 Å². The van der Waals surface area contributed by atoms with Crippen LogP contribution in [0.2, 0.25) is 0 Å². The zero-order valence-corrected chi connectivity index (χ0v) is 14.3. The van der Waals surface area contributed by atoms with Crippen molar-refractivity contribution in [2.45, 2.75) is 76.8 Å². The zero-order valence-electron chi connectivity index (χ0n) is 13.4. The first-order valence-electron chi connectivity index (χ1n) is 8.90. The van der Waals surface area contributed by atoms with Gasteiger partial charge in [0.05, 0.1) is 0 Å². The molecule has 0 radical (unpaired) electrons. The maximum Gasteiger partial charge on any atom is 0.0224 e. The lowest BCUT2D eigenvalue weighted by molar-refractivity contribution is 0.0583. The van der Waals surface area contributed by atoms with Gasteiger partial charge >= 0.3 is 0 Å². The lowest BCUT2D eigenvalue weighted by atomic mass is 10.1. The molecule has 0 N–H and O–H groups in total. The third kappa shape index (κ3) is 5.23. The first kappa shape index (κ1) is 16.6. The van der Waals surface area contributed by atoms with E-state index in [0.717, 1.165) is 17.8 Å². The second-order valence-corrected chi connectivity index (χ2v) is 7.28. The van der Waals surface area contributed by atoms with Crippen molar-refractivity contribution in [3.05, 3.63) is 0 Å². The van der Waals surface area contributed by atoms with Crippen molar-refractivity contribution in [3.8, 4) is 0 Å². The normalized spacial score (nSPS) is 27.9. The standard InChI is InChI=1S/C17H34N2S/c1-16-14-19-12-9-10-17(19)15-18(16)11-7-5-3-2-4-6-8-13-20/h16-17,20H,2-15H2,1H3. The Morgan fingerprint density at radius 3 is 2.40 bits per heavy atom. The Morgan fingerprint density at radius 1 is 0.950 bits per heavy atom. The number of hydrogen-bond acceptors (Lipinski definition) is 3. The minimum atomic E-state index is 0.778. The molecule has 3 heteroatoms. The van der Waals surface area contributed by atoms with Crippen molar-refractivity contribution < 1.29 is 0 Å². The van der Waals surface area contributed by atoms with Gasteiger partial charge in [-0.05, 0) is 51.4 Å². The lowest BCUT2D eigenvalue weighted by Gasteiger charge is -2.42. The maximum absolute atomic E-state index is 4.26. The quantitative estimate of drug-likeness (QED) is 0.511. The Balaban J connectivity index is 1.51. The zero-order chi connectivity index (χ0) is 14.2. The van der Waals surface area contributed by atoms with E-state index in [2.05, 4.69) is 29.4 Å². The summed E-state index contributed by atoms with van der Waals surface area (Å²) in [5.41, 5.74) is 0. The first-order chi connectivity index (χ1) is 9.81. The molecule has 0 spiro atoms. The van der Waals surface area contributed by atoms with Crippen molar-refractivity contribution in [1.82, 2.24) is 9.80 Å². The van der Waals surface area contributed by atoms with Gasteiger partial charge in [-0.25, -0.2) is 0 Å². The summed E-state index contributed by atoms with van der Waals surface area (Å²) >= 11 is 4.26. The summed E-state index contributed by atoms with van der Waals surface area (Å²) in [7, 11) is 0. The van der Waals surface area contributed by atoms with E-state index in [1.54, 1.807) is 0 Å². The summed E-state index contributed by atoms with van der Waals surface area (Å²) in [6, 6.07) is 1.66. The molecule has 0 aliphatic carbocycles. The summed E-state index contributed by atoms with van der Waals surface area (Å²) in [6.07, 6.45) is 12.7. The van der Waals surface area contributed by atoms with E-state index in [-0.39, 0.29) is 0 Å². The maximum atomic E-state index is 4.26. The van der Waals surface area contributed by atoms with Crippen LogP contribution in [-0.4, -0.2) is 53.8 Å². The number of rotatable bonds is 9. The predicted molar refractivity (Wildman–Crippen MR) is 91.8 cm³/mol. The van der Waals surface area contributed by atoms with Gasteiger partial charge in [0.25, 0.3) is 0 Å². The molecule has 0 amide bonds. The SMILES string of the molecule is CC1CN2CCCC2CN1CCCCCCCCCS. The molecule has 0 aromatic heterocycles. The molecule has 2 rings (SSSR count). The van der Waals surface area contributed by atoms with Gasteiger partial charge in [-0.2, -0.15) is 12.6 Å². The van der Waals surface area contributed by atoms with Gasteiger partial charge in [0.15, 0.2) is 0 Å². The fourth-order valence-electron chi connectivity index (χ4n) is 3.87. The average molecular weight is 299 g/mol. The molecular weight excluding hydrogens is 264 g/mol. The Morgan fingerprint density at radius 2 is 1.65 bits per heavy atom. The van der Waals surface area contributed by atoms with Crippen molar-refractivity contribution in [2.24, 2.45) is 0 Å². The first-order valence-corrected chi connectivity index (χ1v) is 9.53. The van der Waals surface area contributed by atoms with Crippen LogP contribution >= 0.6 is 12.6 Å². The highest BCUT2D eigenvalue weighted by Gasteiger charge is 2.33. The highest BCUT2D eigenvalue weighted by atomic mass is 32.1. The van der Waals surface area contributed by atoms with E-state index in [0.29, 0.717) is 0 Å². The molecule has 2 aliphatic heterocycles. The van der Waals surface area contributed by atoms with Crippen molar-refractivity contribution in [3.63, 3.8) is 0 Å². The second-order valence-electron chi connectivity index (χ2n) is 6.83. The van der Waals surface area contributed by atoms with Crippen LogP contribution in [0.4, 0.5) is 0 Å². The molecule has 2 fully saturated rings. The van der Waals surface area contributed by atoms with Crippen LogP contribution in [0.3, 0.4) is 0 Å². The summed E-state index contributed by atoms with van der Waals surface area (Å²) in [4.78, 5) is 5.48. The summed E-state index contributed by atoms with van der Waals surface area (Å²) in [5.74, 6) is 1.06. The smallest absolute Gasteiger partial charge is 0.0224 e. The van der Waals surface area contributed by atoms with Crippen LogP contribution in [0.25, 0.3) is 0 Å². The van der Waals surface area contributed by atoms with Crippen LogP contribution in [0, 0.1) is 0 Å². The third-order valence-electron chi connectivity index (χ3n) is 5.17. The predicted octanol–water partition coefficient (Wildman–Crippen LogP) is 3.82. The Hall–Kier alpha value is 0.270. The number of piperazine rings is 1. The highest BCUT2D eigenvalue weighted by molar-refractivity contribution is 7.80. The molecular formula is C17H34N2S. The van der Waals surface area contributed by atoms with E-state index in [4.69, 9.17) is 0 Å². The number of nitrogens with zero attached hydrogens (tertiary/aromatic N) is 2. The Labute approximate surface area is 131 Å². The molecule has 2 aliphatic rings. The number of fused-ring (bicyclic) bond motifs is 1. The van der Waals surface area contributed by atoms with E-state index < -0.39 is 0 Å². The van der Waals surface area contributed by atoms with Crippen LogP contribution < -0.4 is 0 Å². The van der Waals surface area contributed by atoms with Gasteiger partial charge < -0.3 is 0 Å². The Kier molecular flexibility index (Phi) is 7.75. The molecule has 2 heterocycles. The van der Waals surface area contributed by atoms with Gasteiger partial charge in [-0.1, -0.05) is 32.1 Å². The number of hydrogen-bond donors (Lipinski definition) is 1. The van der Waals surface area contributed by atoms with Gasteiger partial charge in [0.1, 0.15) is 0 Å². The third-order valence-corrected chi connectivity index (χ3v) is 5.49. The lowest BCUT2D eigenvalue weighted by Crippen LogP contribution is -2.54. The number of thiol groups is 1. The van der Waals surface area contributed by atoms with Gasteiger partial charge in [0.2, 0.25) is 0 Å². The van der Waals surface area contributed by atoms with Crippen molar-refractivity contribution in [1.29, 1.82) is 0 Å². The van der Waals surface area contributed by atoms with Crippen molar-refractivity contribution >= 4 is 12.6 Å². The molecule has 2 saturated heterocycles. The fraction of sp³-hybridized carbons (Fsp3) is 1.00. The van der Waals surface area contributed by atoms with E-state index in [9.17, 15) is 0 Å². The minimum Gasteiger partial charge on any atom is -0.298 e. The van der Waals surface area contributed by atoms with Crippen LogP contribution in [-0.2, 0) is 0 Å². The molecule has 0 aromatic rings. The molecule has 20 heavy (non-hydrogen) atoms. The van der Waals surface area contributed by atoms with E-state index in [1.807, 2.05) is 0 Å². The topological polar surface area (TPSA) is 6.48 Å². The van der Waals surface area contributed by atoms with Crippen LogP contribution in [0.5, 0.6) is 0 Å².